The highest BCUT2D eigenvalue weighted by molar-refractivity contribution is 5.36. The Balaban J connectivity index is 1.75. The zero-order valence-corrected chi connectivity index (χ0v) is 18.7. The van der Waals surface area contributed by atoms with Gasteiger partial charge in [0.05, 0.1) is 6.04 Å². The first kappa shape index (κ1) is 23.7. The lowest BCUT2D eigenvalue weighted by Gasteiger charge is -2.27. The van der Waals surface area contributed by atoms with Crippen molar-refractivity contribution in [1.29, 1.82) is 0 Å². The van der Waals surface area contributed by atoms with Crippen LogP contribution in [0.25, 0.3) is 0 Å². The fourth-order valence-electron chi connectivity index (χ4n) is 2.43. The maximum Gasteiger partial charge on any atom is 0.233 e. The topological polar surface area (TPSA) is 101 Å². The van der Waals surface area contributed by atoms with Gasteiger partial charge in [-0.05, 0) is 64.8 Å². The smallest absolute Gasteiger partial charge is 0.233 e. The molecule has 164 valence electrons. The average Bonchev–Trinajstić information content (AvgIpc) is 2.70. The second kappa shape index (κ2) is 11.0. The van der Waals surface area contributed by atoms with Crippen LogP contribution in [0.15, 0.2) is 40.6 Å². The third-order valence-corrected chi connectivity index (χ3v) is 4.19. The summed E-state index contributed by atoms with van der Waals surface area (Å²) in [6.07, 6.45) is -0.644. The van der Waals surface area contributed by atoms with Crippen molar-refractivity contribution in [3.63, 3.8) is 0 Å². The highest BCUT2D eigenvalue weighted by Crippen LogP contribution is 2.19. The lowest BCUT2D eigenvalue weighted by atomic mass is 10.1. The van der Waals surface area contributed by atoms with E-state index in [1.807, 2.05) is 59.7 Å². The van der Waals surface area contributed by atoms with Crippen LogP contribution >= 0.6 is 0 Å². The zero-order valence-electron chi connectivity index (χ0n) is 18.7. The van der Waals surface area contributed by atoms with E-state index in [1.54, 1.807) is 12.1 Å². The minimum atomic E-state index is -0.644. The van der Waals surface area contributed by atoms with Crippen LogP contribution in [-0.4, -0.2) is 52.7 Å². The third-order valence-electron chi connectivity index (χ3n) is 4.19. The van der Waals surface area contributed by atoms with Crippen molar-refractivity contribution in [2.45, 2.75) is 59.2 Å². The number of aryl methyl sites for hydroxylation is 2. The van der Waals surface area contributed by atoms with E-state index in [9.17, 15) is 5.11 Å². The van der Waals surface area contributed by atoms with Gasteiger partial charge in [0, 0.05) is 18.2 Å². The largest absolute Gasteiger partial charge is 0.491 e. The molecule has 1 heterocycles. The van der Waals surface area contributed by atoms with E-state index in [-0.39, 0.29) is 18.2 Å². The van der Waals surface area contributed by atoms with E-state index >= 15 is 0 Å². The van der Waals surface area contributed by atoms with Gasteiger partial charge in [0.1, 0.15) is 25.1 Å². The number of aromatic nitrogens is 2. The maximum absolute atomic E-state index is 10.3. The molecule has 1 aromatic heterocycles. The molecule has 30 heavy (non-hydrogen) atoms. The third kappa shape index (κ3) is 8.42. The van der Waals surface area contributed by atoms with E-state index < -0.39 is 6.10 Å². The molecule has 0 aliphatic heterocycles. The Kier molecular flexibility index (Phi) is 8.68. The Morgan fingerprint density at radius 2 is 1.87 bits per heavy atom. The van der Waals surface area contributed by atoms with Gasteiger partial charge in [-0.3, -0.25) is 0 Å². The molecule has 2 rings (SSSR count). The number of ether oxygens (including phenoxy) is 2. The van der Waals surface area contributed by atoms with Crippen molar-refractivity contribution >= 4 is 5.82 Å². The molecule has 0 spiro atoms. The number of β-amino-alcohol motifs (C(OH)–C–C–N with tert-alkyl or cyclic N) is 1. The standard InChI is InChI=1S/C22H33N5O3/c1-15(2)24-25-20-9-10-21(27-26-20)30-14-22(5,6)23-12-18(28)13-29-19-11-16(3)7-8-17(19)4/h7-11,15,18,23,28H,12-14H2,1-6H3. The number of azo groups is 1. The summed E-state index contributed by atoms with van der Waals surface area (Å²) in [4.78, 5) is 0. The summed E-state index contributed by atoms with van der Waals surface area (Å²) >= 11 is 0. The Bertz CT molecular complexity index is 822. The molecule has 0 saturated heterocycles. The Morgan fingerprint density at radius 1 is 1.10 bits per heavy atom. The average molecular weight is 416 g/mol. The second-order valence-electron chi connectivity index (χ2n) is 8.33. The molecule has 0 fully saturated rings. The number of aliphatic hydroxyl groups is 1. The number of hydrogen-bond acceptors (Lipinski definition) is 8. The SMILES string of the molecule is Cc1ccc(C)c(OCC(O)CNC(C)(C)COc2ccc(N=NC(C)C)nn2)c1. The molecule has 2 aromatic rings. The highest BCUT2D eigenvalue weighted by atomic mass is 16.5. The summed E-state index contributed by atoms with van der Waals surface area (Å²) in [5.41, 5.74) is 1.80. The monoisotopic (exact) mass is 415 g/mol. The quantitative estimate of drug-likeness (QED) is 0.542. The minimum absolute atomic E-state index is 0.108. The van der Waals surface area contributed by atoms with Gasteiger partial charge < -0.3 is 19.9 Å². The summed E-state index contributed by atoms with van der Waals surface area (Å²) < 4.78 is 11.5. The van der Waals surface area contributed by atoms with Gasteiger partial charge in [-0.2, -0.15) is 5.11 Å². The molecule has 8 heteroatoms. The Hall–Kier alpha value is -2.58. The van der Waals surface area contributed by atoms with Crippen LogP contribution in [0.5, 0.6) is 11.6 Å². The summed E-state index contributed by atoms with van der Waals surface area (Å²) in [5.74, 6) is 1.65. The molecule has 0 radical (unpaired) electrons. The lowest BCUT2D eigenvalue weighted by Crippen LogP contribution is -2.48. The number of rotatable bonds is 11. The van der Waals surface area contributed by atoms with E-state index in [0.29, 0.717) is 24.8 Å². The van der Waals surface area contributed by atoms with E-state index in [0.717, 1.165) is 16.9 Å². The van der Waals surface area contributed by atoms with Gasteiger partial charge in [-0.25, -0.2) is 0 Å². The number of aliphatic hydroxyl groups excluding tert-OH is 1. The fourth-order valence-corrected chi connectivity index (χ4v) is 2.43. The van der Waals surface area contributed by atoms with Crippen LogP contribution in [0.1, 0.15) is 38.8 Å². The highest BCUT2D eigenvalue weighted by Gasteiger charge is 2.20. The number of nitrogens with one attached hydrogen (secondary N) is 1. The fraction of sp³-hybridized carbons (Fsp3) is 0.545. The molecule has 0 aliphatic rings. The van der Waals surface area contributed by atoms with Gasteiger partial charge in [-0.1, -0.05) is 12.1 Å². The van der Waals surface area contributed by atoms with Gasteiger partial charge in [0.25, 0.3) is 0 Å². The zero-order chi connectivity index (χ0) is 22.1. The predicted molar refractivity (Wildman–Crippen MR) is 117 cm³/mol. The summed E-state index contributed by atoms with van der Waals surface area (Å²) in [6.45, 7) is 12.8. The van der Waals surface area contributed by atoms with Gasteiger partial charge in [-0.15, -0.1) is 15.3 Å². The van der Waals surface area contributed by atoms with Crippen molar-refractivity contribution in [2.24, 2.45) is 10.2 Å². The predicted octanol–water partition coefficient (Wildman–Crippen LogP) is 3.77. The molecular weight excluding hydrogens is 382 g/mol. The van der Waals surface area contributed by atoms with Crippen molar-refractivity contribution in [1.82, 2.24) is 15.5 Å². The number of benzene rings is 1. The van der Waals surface area contributed by atoms with E-state index in [4.69, 9.17) is 9.47 Å². The molecule has 1 atom stereocenters. The molecule has 0 saturated carbocycles. The molecule has 0 amide bonds. The number of nitrogens with zero attached hydrogens (tertiary/aromatic N) is 4. The van der Waals surface area contributed by atoms with Crippen LogP contribution < -0.4 is 14.8 Å². The first-order valence-corrected chi connectivity index (χ1v) is 10.1. The van der Waals surface area contributed by atoms with Crippen molar-refractivity contribution < 1.29 is 14.6 Å². The van der Waals surface area contributed by atoms with Gasteiger partial charge in [0.15, 0.2) is 5.82 Å². The molecule has 0 bridgehead atoms. The first-order chi connectivity index (χ1) is 14.1. The molecule has 2 N–H and O–H groups in total. The molecule has 1 unspecified atom stereocenters. The van der Waals surface area contributed by atoms with Crippen LogP contribution in [0.2, 0.25) is 0 Å². The van der Waals surface area contributed by atoms with Crippen molar-refractivity contribution in [3.05, 3.63) is 41.5 Å². The Morgan fingerprint density at radius 3 is 2.53 bits per heavy atom. The van der Waals surface area contributed by atoms with Gasteiger partial charge >= 0.3 is 0 Å². The summed E-state index contributed by atoms with van der Waals surface area (Å²) in [5, 5.41) is 29.6. The Labute approximate surface area is 178 Å². The summed E-state index contributed by atoms with van der Waals surface area (Å²) in [7, 11) is 0. The van der Waals surface area contributed by atoms with Crippen molar-refractivity contribution in [3.8, 4) is 11.6 Å². The maximum atomic E-state index is 10.3. The van der Waals surface area contributed by atoms with E-state index in [1.165, 1.54) is 0 Å². The van der Waals surface area contributed by atoms with E-state index in [2.05, 4.69) is 25.7 Å². The van der Waals surface area contributed by atoms with Crippen LogP contribution in [-0.2, 0) is 0 Å². The molecule has 0 aliphatic carbocycles. The van der Waals surface area contributed by atoms with Crippen LogP contribution in [0, 0.1) is 13.8 Å². The van der Waals surface area contributed by atoms with Crippen LogP contribution in [0.4, 0.5) is 5.82 Å². The lowest BCUT2D eigenvalue weighted by molar-refractivity contribution is 0.0920. The molecule has 1 aromatic carbocycles. The molecular formula is C22H33N5O3. The molecule has 8 nitrogen and oxygen atoms in total. The van der Waals surface area contributed by atoms with Crippen LogP contribution in [0.3, 0.4) is 0 Å². The minimum Gasteiger partial charge on any atom is -0.491 e. The number of hydrogen-bond donors (Lipinski definition) is 2. The second-order valence-corrected chi connectivity index (χ2v) is 8.33. The first-order valence-electron chi connectivity index (χ1n) is 10.1. The summed E-state index contributed by atoms with van der Waals surface area (Å²) in [6, 6.07) is 9.56. The van der Waals surface area contributed by atoms with Gasteiger partial charge in [0.2, 0.25) is 5.88 Å². The van der Waals surface area contributed by atoms with Crippen molar-refractivity contribution in [2.75, 3.05) is 19.8 Å². The normalized spacial score (nSPS) is 13.1.